The van der Waals surface area contributed by atoms with Crippen molar-refractivity contribution in [2.24, 2.45) is 0 Å². The van der Waals surface area contributed by atoms with Crippen molar-refractivity contribution < 1.29 is 13.2 Å². The number of nitrogens with zero attached hydrogens (tertiary/aromatic N) is 2. The molecule has 1 aliphatic heterocycles. The summed E-state index contributed by atoms with van der Waals surface area (Å²) in [6.07, 6.45) is -1.48. The lowest BCUT2D eigenvalue weighted by atomic mass is 10.1. The monoisotopic (exact) mass is 239 g/mol. The predicted octanol–water partition coefficient (Wildman–Crippen LogP) is 2.42. The van der Waals surface area contributed by atoms with Crippen LogP contribution in [0.5, 0.6) is 0 Å². The highest BCUT2D eigenvalue weighted by Gasteiger charge is 2.37. The summed E-state index contributed by atoms with van der Waals surface area (Å²) in [6.45, 7) is 0.262. The molecule has 0 amide bonds. The average Bonchev–Trinajstić information content (AvgIpc) is 2.80. The molecule has 1 heterocycles. The zero-order valence-electron chi connectivity index (χ0n) is 8.62. The van der Waals surface area contributed by atoms with Crippen LogP contribution in [0.4, 0.5) is 18.9 Å². The molecule has 0 atom stereocenters. The average molecular weight is 239 g/mol. The molecule has 88 valence electrons. The quantitative estimate of drug-likeness (QED) is 0.818. The molecule has 6 heteroatoms. The van der Waals surface area contributed by atoms with Crippen LogP contribution in [0.3, 0.4) is 0 Å². The second-order valence-corrected chi connectivity index (χ2v) is 3.46. The van der Waals surface area contributed by atoms with Gasteiger partial charge in [-0.15, -0.1) is 0 Å². The van der Waals surface area contributed by atoms with Crippen LogP contribution in [0.25, 0.3) is 0 Å². The molecule has 0 saturated carbocycles. The maximum atomic E-state index is 12.9. The van der Waals surface area contributed by atoms with Gasteiger partial charge in [0, 0.05) is 12.4 Å². The Balaban J connectivity index is 2.59. The van der Waals surface area contributed by atoms with E-state index in [0.29, 0.717) is 0 Å². The number of alkyl halides is 3. The van der Waals surface area contributed by atoms with Crippen LogP contribution in [0.15, 0.2) is 30.6 Å². The van der Waals surface area contributed by atoms with E-state index in [1.807, 2.05) is 0 Å². The number of hydrogen-bond acceptors (Lipinski definition) is 3. The van der Waals surface area contributed by atoms with Crippen LogP contribution in [0.1, 0.15) is 11.1 Å². The summed E-state index contributed by atoms with van der Waals surface area (Å²) < 4.78 is 38.8. The third-order valence-electron chi connectivity index (χ3n) is 2.39. The van der Waals surface area contributed by atoms with Crippen LogP contribution in [-0.2, 0) is 6.18 Å². The minimum atomic E-state index is -4.54. The molecule has 1 aromatic carbocycles. The van der Waals surface area contributed by atoms with Gasteiger partial charge in [0.1, 0.15) is 0 Å². The Morgan fingerprint density at radius 3 is 2.65 bits per heavy atom. The van der Waals surface area contributed by atoms with Crippen molar-refractivity contribution in [1.29, 1.82) is 5.26 Å². The summed E-state index contributed by atoms with van der Waals surface area (Å²) in [5.74, 6) is 0. The highest BCUT2D eigenvalue weighted by atomic mass is 19.4. The number of benzene rings is 1. The van der Waals surface area contributed by atoms with E-state index in [1.165, 1.54) is 29.3 Å². The predicted molar refractivity (Wildman–Crippen MR) is 55.8 cm³/mol. The molecule has 1 aromatic rings. The lowest BCUT2D eigenvalue weighted by molar-refractivity contribution is -0.137. The molecule has 0 aromatic heterocycles. The van der Waals surface area contributed by atoms with E-state index >= 15 is 0 Å². The molecule has 2 rings (SSSR count). The molecule has 0 radical (unpaired) electrons. The van der Waals surface area contributed by atoms with E-state index in [0.717, 1.165) is 0 Å². The van der Waals surface area contributed by atoms with Crippen molar-refractivity contribution in [2.75, 3.05) is 11.6 Å². The van der Waals surface area contributed by atoms with Gasteiger partial charge in [-0.1, -0.05) is 6.07 Å². The first-order valence-corrected chi connectivity index (χ1v) is 4.81. The maximum absolute atomic E-state index is 12.9. The van der Waals surface area contributed by atoms with Gasteiger partial charge in [0.2, 0.25) is 0 Å². The topological polar surface area (TPSA) is 39.1 Å². The highest BCUT2D eigenvalue weighted by Crippen LogP contribution is 2.39. The molecule has 1 N–H and O–H groups in total. The number of nitriles is 1. The van der Waals surface area contributed by atoms with Crippen molar-refractivity contribution in [1.82, 2.24) is 5.32 Å². The summed E-state index contributed by atoms with van der Waals surface area (Å²) >= 11 is 0. The van der Waals surface area contributed by atoms with Crippen molar-refractivity contribution in [3.05, 3.63) is 41.7 Å². The standard InChI is InChI=1S/C11H8F3N3/c12-11(13,14)10-8(6-15)2-1-3-9(10)17-5-4-16-7-17/h1-5,16H,7H2. The maximum Gasteiger partial charge on any atom is 0.419 e. The molecule has 0 fully saturated rings. The van der Waals surface area contributed by atoms with Crippen molar-refractivity contribution >= 4 is 5.69 Å². The Bertz CT molecular complexity index is 500. The smallest absolute Gasteiger partial charge is 0.372 e. The fraction of sp³-hybridized carbons (Fsp3) is 0.182. The Labute approximate surface area is 95.8 Å². The minimum Gasteiger partial charge on any atom is -0.372 e. The summed E-state index contributed by atoms with van der Waals surface area (Å²) in [6, 6.07) is 5.53. The molecular formula is C11H8F3N3. The molecular weight excluding hydrogens is 231 g/mol. The fourth-order valence-electron chi connectivity index (χ4n) is 1.68. The van der Waals surface area contributed by atoms with Crippen LogP contribution in [0.2, 0.25) is 0 Å². The molecule has 3 nitrogen and oxygen atoms in total. The van der Waals surface area contributed by atoms with Gasteiger partial charge in [0.25, 0.3) is 0 Å². The second kappa shape index (κ2) is 4.01. The molecule has 0 spiro atoms. The first-order chi connectivity index (χ1) is 8.04. The lowest BCUT2D eigenvalue weighted by Gasteiger charge is -2.21. The van der Waals surface area contributed by atoms with E-state index in [2.05, 4.69) is 5.32 Å². The van der Waals surface area contributed by atoms with Crippen molar-refractivity contribution in [3.63, 3.8) is 0 Å². The van der Waals surface area contributed by atoms with Crippen LogP contribution in [0, 0.1) is 11.3 Å². The molecule has 17 heavy (non-hydrogen) atoms. The SMILES string of the molecule is N#Cc1cccc(N2C=CNC2)c1C(F)(F)F. The van der Waals surface area contributed by atoms with Crippen LogP contribution >= 0.6 is 0 Å². The molecule has 0 aliphatic carbocycles. The Morgan fingerprint density at radius 2 is 2.12 bits per heavy atom. The Kier molecular flexibility index (Phi) is 2.68. The lowest BCUT2D eigenvalue weighted by Crippen LogP contribution is -2.23. The highest BCUT2D eigenvalue weighted by molar-refractivity contribution is 5.63. The first kappa shape index (κ1) is 11.3. The minimum absolute atomic E-state index is 0.0159. The van der Waals surface area contributed by atoms with Gasteiger partial charge in [-0.3, -0.25) is 0 Å². The summed E-state index contributed by atoms with van der Waals surface area (Å²) in [5, 5.41) is 11.5. The van der Waals surface area contributed by atoms with E-state index in [9.17, 15) is 13.2 Å². The largest absolute Gasteiger partial charge is 0.419 e. The van der Waals surface area contributed by atoms with E-state index < -0.39 is 11.7 Å². The third kappa shape index (κ3) is 2.04. The number of rotatable bonds is 1. The van der Waals surface area contributed by atoms with Gasteiger partial charge in [-0.2, -0.15) is 18.4 Å². The van der Waals surface area contributed by atoms with Gasteiger partial charge in [-0.05, 0) is 12.1 Å². The molecule has 0 saturated heterocycles. The normalized spacial score (nSPS) is 14.6. The number of hydrogen-bond donors (Lipinski definition) is 1. The van der Waals surface area contributed by atoms with Gasteiger partial charge >= 0.3 is 6.18 Å². The number of nitrogens with one attached hydrogen (secondary N) is 1. The first-order valence-electron chi connectivity index (χ1n) is 4.81. The zero-order chi connectivity index (χ0) is 12.5. The van der Waals surface area contributed by atoms with Gasteiger partial charge in [0.05, 0.1) is 29.6 Å². The molecule has 0 unspecified atom stereocenters. The Morgan fingerprint density at radius 1 is 1.35 bits per heavy atom. The van der Waals surface area contributed by atoms with Gasteiger partial charge in [-0.25, -0.2) is 0 Å². The third-order valence-corrected chi connectivity index (χ3v) is 2.39. The van der Waals surface area contributed by atoms with Crippen molar-refractivity contribution in [2.45, 2.75) is 6.18 Å². The fourth-order valence-corrected chi connectivity index (χ4v) is 1.68. The summed E-state index contributed by atoms with van der Waals surface area (Å²) in [7, 11) is 0. The van der Waals surface area contributed by atoms with Gasteiger partial charge < -0.3 is 10.2 Å². The Hall–Kier alpha value is -2.16. The van der Waals surface area contributed by atoms with Crippen LogP contribution in [-0.4, -0.2) is 6.67 Å². The van der Waals surface area contributed by atoms with Gasteiger partial charge in [0.15, 0.2) is 0 Å². The van der Waals surface area contributed by atoms with Crippen LogP contribution < -0.4 is 10.2 Å². The molecule has 1 aliphatic rings. The summed E-state index contributed by atoms with van der Waals surface area (Å²) in [5.41, 5.74) is -1.27. The second-order valence-electron chi connectivity index (χ2n) is 3.46. The summed E-state index contributed by atoms with van der Waals surface area (Å²) in [4.78, 5) is 1.41. The van der Waals surface area contributed by atoms with E-state index in [-0.39, 0.29) is 17.9 Å². The van der Waals surface area contributed by atoms with E-state index in [1.54, 1.807) is 12.3 Å². The van der Waals surface area contributed by atoms with E-state index in [4.69, 9.17) is 5.26 Å². The van der Waals surface area contributed by atoms with Crippen molar-refractivity contribution in [3.8, 4) is 6.07 Å². The number of halogens is 3. The molecule has 0 bridgehead atoms. The number of anilines is 1. The zero-order valence-corrected chi connectivity index (χ0v) is 8.62.